The smallest absolute Gasteiger partial charge is 0.251 e. The Balaban J connectivity index is 2.70. The molecule has 0 fully saturated rings. The summed E-state index contributed by atoms with van der Waals surface area (Å²) < 4.78 is 0. The van der Waals surface area contributed by atoms with Crippen molar-refractivity contribution < 1.29 is 4.79 Å². The molecule has 0 bridgehead atoms. The first-order chi connectivity index (χ1) is 7.13. The summed E-state index contributed by atoms with van der Waals surface area (Å²) in [6, 6.07) is 8.10. The molecule has 0 radical (unpaired) electrons. The van der Waals surface area contributed by atoms with Gasteiger partial charge in [-0.05, 0) is 17.7 Å². The first-order valence-corrected chi connectivity index (χ1v) is 5.18. The number of hydrogen-bond acceptors (Lipinski definition) is 2. The van der Waals surface area contributed by atoms with Crippen LogP contribution in [-0.2, 0) is 6.54 Å². The predicted molar refractivity (Wildman–Crippen MR) is 61.8 cm³/mol. The fraction of sp³-hybridized carbons (Fsp3) is 0.417. The molecule has 1 rings (SSSR count). The first-order valence-electron chi connectivity index (χ1n) is 5.18. The lowest BCUT2D eigenvalue weighted by Crippen LogP contribution is -2.22. The Morgan fingerprint density at radius 1 is 1.40 bits per heavy atom. The van der Waals surface area contributed by atoms with Gasteiger partial charge >= 0.3 is 0 Å². The molecule has 15 heavy (non-hydrogen) atoms. The Morgan fingerprint density at radius 2 is 2.13 bits per heavy atom. The van der Waals surface area contributed by atoms with Crippen molar-refractivity contribution in [3.05, 3.63) is 35.4 Å². The molecule has 1 aromatic carbocycles. The van der Waals surface area contributed by atoms with Crippen LogP contribution in [0.15, 0.2) is 24.3 Å². The lowest BCUT2D eigenvalue weighted by atomic mass is 10.1. The van der Waals surface area contributed by atoms with E-state index >= 15 is 0 Å². The largest absolute Gasteiger partial charge is 0.355 e. The standard InChI is InChI=1S/C12H18N2O/c1-9(2)14-8-10-5-4-6-11(7-10)12(15)13-3/h4-7,9,14H,8H2,1-3H3,(H,13,15). The molecule has 0 atom stereocenters. The Morgan fingerprint density at radius 3 is 2.73 bits per heavy atom. The number of rotatable bonds is 4. The Labute approximate surface area is 90.9 Å². The third kappa shape index (κ3) is 3.72. The molecule has 3 heteroatoms. The van der Waals surface area contributed by atoms with Gasteiger partial charge in [-0.1, -0.05) is 26.0 Å². The van der Waals surface area contributed by atoms with Crippen molar-refractivity contribution in [2.24, 2.45) is 0 Å². The lowest BCUT2D eigenvalue weighted by Gasteiger charge is -2.08. The highest BCUT2D eigenvalue weighted by atomic mass is 16.1. The summed E-state index contributed by atoms with van der Waals surface area (Å²) in [4.78, 5) is 11.4. The van der Waals surface area contributed by atoms with Gasteiger partial charge in [0.25, 0.3) is 5.91 Å². The minimum Gasteiger partial charge on any atom is -0.355 e. The van der Waals surface area contributed by atoms with Crippen LogP contribution in [0.1, 0.15) is 29.8 Å². The molecule has 1 aromatic rings. The fourth-order valence-electron chi connectivity index (χ4n) is 1.29. The molecule has 0 saturated heterocycles. The fourth-order valence-corrected chi connectivity index (χ4v) is 1.29. The van der Waals surface area contributed by atoms with Gasteiger partial charge in [-0.2, -0.15) is 0 Å². The quantitative estimate of drug-likeness (QED) is 0.784. The minimum absolute atomic E-state index is 0.0404. The molecule has 0 saturated carbocycles. The van der Waals surface area contributed by atoms with Crippen LogP contribution in [-0.4, -0.2) is 19.0 Å². The van der Waals surface area contributed by atoms with Crippen LogP contribution in [0.2, 0.25) is 0 Å². The van der Waals surface area contributed by atoms with E-state index in [-0.39, 0.29) is 5.91 Å². The summed E-state index contributed by atoms with van der Waals surface area (Å²) in [6.07, 6.45) is 0. The number of amides is 1. The van der Waals surface area contributed by atoms with E-state index in [0.717, 1.165) is 12.1 Å². The van der Waals surface area contributed by atoms with Crippen LogP contribution in [0, 0.1) is 0 Å². The third-order valence-corrected chi connectivity index (χ3v) is 2.13. The molecule has 2 N–H and O–H groups in total. The summed E-state index contributed by atoms with van der Waals surface area (Å²) in [5.41, 5.74) is 1.84. The van der Waals surface area contributed by atoms with E-state index < -0.39 is 0 Å². The van der Waals surface area contributed by atoms with Crippen molar-refractivity contribution >= 4 is 5.91 Å². The van der Waals surface area contributed by atoms with E-state index in [0.29, 0.717) is 11.6 Å². The normalized spacial score (nSPS) is 10.4. The van der Waals surface area contributed by atoms with Crippen molar-refractivity contribution in [3.8, 4) is 0 Å². The molecular formula is C12H18N2O. The van der Waals surface area contributed by atoms with Crippen LogP contribution >= 0.6 is 0 Å². The second kappa shape index (κ2) is 5.51. The molecular weight excluding hydrogens is 188 g/mol. The maximum Gasteiger partial charge on any atom is 0.251 e. The van der Waals surface area contributed by atoms with Crippen LogP contribution < -0.4 is 10.6 Å². The SMILES string of the molecule is CNC(=O)c1cccc(CNC(C)C)c1. The van der Waals surface area contributed by atoms with Gasteiger partial charge in [-0.3, -0.25) is 4.79 Å². The van der Waals surface area contributed by atoms with Crippen LogP contribution in [0.4, 0.5) is 0 Å². The molecule has 0 aromatic heterocycles. The van der Waals surface area contributed by atoms with E-state index in [4.69, 9.17) is 0 Å². The average molecular weight is 206 g/mol. The first kappa shape index (κ1) is 11.7. The highest BCUT2D eigenvalue weighted by molar-refractivity contribution is 5.94. The van der Waals surface area contributed by atoms with E-state index in [1.165, 1.54) is 0 Å². The van der Waals surface area contributed by atoms with Crippen LogP contribution in [0.5, 0.6) is 0 Å². The molecule has 82 valence electrons. The number of nitrogens with one attached hydrogen (secondary N) is 2. The molecule has 0 unspecified atom stereocenters. The van der Waals surface area contributed by atoms with Crippen molar-refractivity contribution in [1.82, 2.24) is 10.6 Å². The van der Waals surface area contributed by atoms with Gasteiger partial charge in [0.15, 0.2) is 0 Å². The van der Waals surface area contributed by atoms with Crippen LogP contribution in [0.25, 0.3) is 0 Å². The summed E-state index contributed by atoms with van der Waals surface area (Å²) in [7, 11) is 1.64. The van der Waals surface area contributed by atoms with Crippen molar-refractivity contribution in [1.29, 1.82) is 0 Å². The highest BCUT2D eigenvalue weighted by Gasteiger charge is 2.03. The van der Waals surface area contributed by atoms with E-state index in [1.54, 1.807) is 7.05 Å². The maximum atomic E-state index is 11.4. The number of carbonyl (C=O) groups excluding carboxylic acids is 1. The average Bonchev–Trinajstić information content (AvgIpc) is 2.25. The van der Waals surface area contributed by atoms with Crippen molar-refractivity contribution in [2.75, 3.05) is 7.05 Å². The van der Waals surface area contributed by atoms with Gasteiger partial charge in [0, 0.05) is 25.2 Å². The second-order valence-electron chi connectivity index (χ2n) is 3.82. The number of hydrogen-bond donors (Lipinski definition) is 2. The Kier molecular flexibility index (Phi) is 4.31. The van der Waals surface area contributed by atoms with Gasteiger partial charge in [-0.25, -0.2) is 0 Å². The van der Waals surface area contributed by atoms with Gasteiger partial charge in [0.2, 0.25) is 0 Å². The molecule has 1 amide bonds. The van der Waals surface area contributed by atoms with E-state index in [2.05, 4.69) is 24.5 Å². The molecule has 0 aliphatic rings. The molecule has 0 aliphatic carbocycles. The third-order valence-electron chi connectivity index (χ3n) is 2.13. The molecule has 3 nitrogen and oxygen atoms in total. The zero-order valence-electron chi connectivity index (χ0n) is 9.50. The van der Waals surface area contributed by atoms with Crippen molar-refractivity contribution in [3.63, 3.8) is 0 Å². The topological polar surface area (TPSA) is 41.1 Å². The summed E-state index contributed by atoms with van der Waals surface area (Å²) in [5, 5.41) is 5.93. The summed E-state index contributed by atoms with van der Waals surface area (Å²) in [5.74, 6) is -0.0404. The Bertz CT molecular complexity index is 334. The summed E-state index contributed by atoms with van der Waals surface area (Å²) >= 11 is 0. The molecule has 0 heterocycles. The van der Waals surface area contributed by atoms with Gasteiger partial charge in [0.05, 0.1) is 0 Å². The van der Waals surface area contributed by atoms with Crippen LogP contribution in [0.3, 0.4) is 0 Å². The monoisotopic (exact) mass is 206 g/mol. The highest BCUT2D eigenvalue weighted by Crippen LogP contribution is 2.05. The molecule has 0 aliphatic heterocycles. The zero-order chi connectivity index (χ0) is 11.3. The van der Waals surface area contributed by atoms with Gasteiger partial charge in [0.1, 0.15) is 0 Å². The van der Waals surface area contributed by atoms with E-state index in [1.807, 2.05) is 24.3 Å². The van der Waals surface area contributed by atoms with E-state index in [9.17, 15) is 4.79 Å². The number of carbonyl (C=O) groups is 1. The van der Waals surface area contributed by atoms with Gasteiger partial charge < -0.3 is 10.6 Å². The second-order valence-corrected chi connectivity index (χ2v) is 3.82. The van der Waals surface area contributed by atoms with Gasteiger partial charge in [-0.15, -0.1) is 0 Å². The minimum atomic E-state index is -0.0404. The number of benzene rings is 1. The van der Waals surface area contributed by atoms with Crippen molar-refractivity contribution in [2.45, 2.75) is 26.4 Å². The molecule has 0 spiro atoms. The zero-order valence-corrected chi connectivity index (χ0v) is 9.50. The predicted octanol–water partition coefficient (Wildman–Crippen LogP) is 1.54. The lowest BCUT2D eigenvalue weighted by molar-refractivity contribution is 0.0963. The Hall–Kier alpha value is -1.35. The maximum absolute atomic E-state index is 11.4. The summed E-state index contributed by atoms with van der Waals surface area (Å²) in [6.45, 7) is 4.99.